The highest BCUT2D eigenvalue weighted by atomic mass is 35.5. The van der Waals surface area contributed by atoms with E-state index in [1.165, 1.54) is 19.2 Å². The van der Waals surface area contributed by atoms with Gasteiger partial charge in [-0.2, -0.15) is 0 Å². The van der Waals surface area contributed by atoms with Gasteiger partial charge in [-0.1, -0.05) is 6.07 Å². The predicted octanol–water partition coefficient (Wildman–Crippen LogP) is 0.718. The number of ether oxygens (including phenoxy) is 2. The molecule has 2 N–H and O–H groups in total. The first-order chi connectivity index (χ1) is 10.4. The van der Waals surface area contributed by atoms with Gasteiger partial charge < -0.3 is 14.8 Å². The fraction of sp³-hybridized carbons (Fsp3) is 0.500. The van der Waals surface area contributed by atoms with Crippen molar-refractivity contribution in [3.63, 3.8) is 0 Å². The van der Waals surface area contributed by atoms with Crippen LogP contribution in [0.2, 0.25) is 0 Å². The van der Waals surface area contributed by atoms with Gasteiger partial charge in [-0.3, -0.25) is 0 Å². The van der Waals surface area contributed by atoms with Crippen molar-refractivity contribution in [3.05, 3.63) is 29.3 Å². The second-order valence-corrected chi connectivity index (χ2v) is 6.38. The molecule has 0 bridgehead atoms. The summed E-state index contributed by atoms with van der Waals surface area (Å²) in [6.45, 7) is 3.66. The van der Waals surface area contributed by atoms with Crippen LogP contribution in [0.5, 0.6) is 0 Å². The van der Waals surface area contributed by atoms with Crippen LogP contribution < -0.4 is 10.0 Å². The Morgan fingerprint density at radius 3 is 2.48 bits per heavy atom. The van der Waals surface area contributed by atoms with Crippen LogP contribution in [0.15, 0.2) is 23.1 Å². The van der Waals surface area contributed by atoms with E-state index in [1.807, 2.05) is 0 Å². The number of methoxy groups -OCH3 is 2. The maximum absolute atomic E-state index is 12.2. The number of hydrogen-bond acceptors (Lipinski definition) is 6. The first kappa shape index (κ1) is 21.8. The molecule has 1 aromatic rings. The van der Waals surface area contributed by atoms with Crippen LogP contribution >= 0.6 is 12.4 Å². The maximum Gasteiger partial charge on any atom is 0.338 e. The molecule has 1 rings (SSSR count). The largest absolute Gasteiger partial charge is 0.465 e. The number of halogens is 1. The zero-order chi connectivity index (χ0) is 16.6. The molecule has 0 heterocycles. The van der Waals surface area contributed by atoms with Gasteiger partial charge in [-0.25, -0.2) is 17.9 Å². The maximum atomic E-state index is 12.2. The van der Waals surface area contributed by atoms with Crippen molar-refractivity contribution in [3.8, 4) is 0 Å². The van der Waals surface area contributed by atoms with Gasteiger partial charge in [0.05, 0.1) is 24.2 Å². The number of nitrogens with one attached hydrogen (secondary N) is 2. The zero-order valence-corrected chi connectivity index (χ0v) is 15.1. The van der Waals surface area contributed by atoms with Crippen molar-refractivity contribution in [2.45, 2.75) is 11.8 Å². The number of benzene rings is 1. The van der Waals surface area contributed by atoms with E-state index in [9.17, 15) is 13.2 Å². The van der Waals surface area contributed by atoms with E-state index >= 15 is 0 Å². The quantitative estimate of drug-likeness (QED) is 0.494. The molecular formula is C14H23ClN2O5S. The molecule has 0 unspecified atom stereocenters. The van der Waals surface area contributed by atoms with Gasteiger partial charge in [-0.15, -0.1) is 12.4 Å². The Labute approximate surface area is 143 Å². The third kappa shape index (κ3) is 6.84. The van der Waals surface area contributed by atoms with E-state index in [0.29, 0.717) is 25.3 Å². The van der Waals surface area contributed by atoms with E-state index in [2.05, 4.69) is 14.8 Å². The van der Waals surface area contributed by atoms with Crippen molar-refractivity contribution in [2.24, 2.45) is 0 Å². The van der Waals surface area contributed by atoms with Crippen LogP contribution in [0.3, 0.4) is 0 Å². The molecule has 0 fully saturated rings. The number of aryl methyl sites for hydroxylation is 1. The molecule has 9 heteroatoms. The van der Waals surface area contributed by atoms with E-state index in [-0.39, 0.29) is 29.4 Å². The van der Waals surface area contributed by atoms with Gasteiger partial charge in [0.15, 0.2) is 0 Å². The third-order valence-electron chi connectivity index (χ3n) is 3.00. The number of rotatable bonds is 9. The fourth-order valence-corrected chi connectivity index (χ4v) is 2.81. The number of carbonyl (C=O) groups is 1. The SMILES string of the molecule is COCCNCCNS(=O)(=O)c1ccc(C)c(C(=O)OC)c1.Cl. The molecule has 0 saturated carbocycles. The predicted molar refractivity (Wildman–Crippen MR) is 89.7 cm³/mol. The van der Waals surface area contributed by atoms with Crippen LogP contribution in [0, 0.1) is 6.92 Å². The summed E-state index contributed by atoms with van der Waals surface area (Å²) < 4.78 is 36.3. The van der Waals surface area contributed by atoms with E-state index in [1.54, 1.807) is 20.1 Å². The summed E-state index contributed by atoms with van der Waals surface area (Å²) in [5.41, 5.74) is 0.899. The van der Waals surface area contributed by atoms with Crippen LogP contribution in [-0.4, -0.2) is 54.8 Å². The first-order valence-electron chi connectivity index (χ1n) is 6.80. The number of hydrogen-bond donors (Lipinski definition) is 2. The number of esters is 1. The van der Waals surface area contributed by atoms with Crippen molar-refractivity contribution < 1.29 is 22.7 Å². The monoisotopic (exact) mass is 366 g/mol. The van der Waals surface area contributed by atoms with E-state index in [4.69, 9.17) is 4.74 Å². The van der Waals surface area contributed by atoms with Gasteiger partial charge in [0.2, 0.25) is 10.0 Å². The standard InChI is InChI=1S/C14H22N2O5S.ClH/c1-11-4-5-12(10-13(11)14(17)21-3)22(18,19)16-7-6-15-8-9-20-2;/h4-5,10,15-16H,6-9H2,1-3H3;1H. The third-order valence-corrected chi connectivity index (χ3v) is 4.46. The van der Waals surface area contributed by atoms with Gasteiger partial charge in [-0.05, 0) is 24.6 Å². The summed E-state index contributed by atoms with van der Waals surface area (Å²) in [6.07, 6.45) is 0. The molecule has 1 aromatic carbocycles. The fourth-order valence-electron chi connectivity index (χ4n) is 1.75. The minimum atomic E-state index is -3.66. The minimum Gasteiger partial charge on any atom is -0.465 e. The molecule has 0 atom stereocenters. The summed E-state index contributed by atoms with van der Waals surface area (Å²) in [5, 5.41) is 3.03. The number of sulfonamides is 1. The van der Waals surface area contributed by atoms with Gasteiger partial charge in [0.25, 0.3) is 0 Å². The molecule has 0 spiro atoms. The van der Waals surface area contributed by atoms with Gasteiger partial charge in [0.1, 0.15) is 0 Å². The molecule has 0 aromatic heterocycles. The number of carbonyl (C=O) groups excluding carboxylic acids is 1. The molecule has 23 heavy (non-hydrogen) atoms. The Kier molecular flexibility index (Phi) is 10.0. The highest BCUT2D eigenvalue weighted by molar-refractivity contribution is 7.89. The first-order valence-corrected chi connectivity index (χ1v) is 8.29. The van der Waals surface area contributed by atoms with Gasteiger partial charge >= 0.3 is 5.97 Å². The lowest BCUT2D eigenvalue weighted by Gasteiger charge is -2.10. The van der Waals surface area contributed by atoms with Crippen LogP contribution in [0.1, 0.15) is 15.9 Å². The average Bonchev–Trinajstić information content (AvgIpc) is 2.50. The topological polar surface area (TPSA) is 93.7 Å². The molecule has 132 valence electrons. The lowest BCUT2D eigenvalue weighted by molar-refractivity contribution is 0.0599. The average molecular weight is 367 g/mol. The smallest absolute Gasteiger partial charge is 0.338 e. The summed E-state index contributed by atoms with van der Waals surface area (Å²) >= 11 is 0. The lowest BCUT2D eigenvalue weighted by atomic mass is 10.1. The molecule has 7 nitrogen and oxygen atoms in total. The van der Waals surface area contributed by atoms with Crippen LogP contribution in [-0.2, 0) is 19.5 Å². The lowest BCUT2D eigenvalue weighted by Crippen LogP contribution is -2.33. The Bertz CT molecular complexity index is 607. The molecule has 0 aliphatic heterocycles. The Morgan fingerprint density at radius 2 is 1.87 bits per heavy atom. The minimum absolute atomic E-state index is 0. The Morgan fingerprint density at radius 1 is 1.17 bits per heavy atom. The molecule has 0 amide bonds. The highest BCUT2D eigenvalue weighted by Crippen LogP contribution is 2.16. The zero-order valence-electron chi connectivity index (χ0n) is 13.4. The second kappa shape index (κ2) is 10.6. The molecule has 0 aliphatic rings. The van der Waals surface area contributed by atoms with Crippen molar-refractivity contribution >= 4 is 28.4 Å². The highest BCUT2D eigenvalue weighted by Gasteiger charge is 2.17. The molecule has 0 aliphatic carbocycles. The molecular weight excluding hydrogens is 344 g/mol. The summed E-state index contributed by atoms with van der Waals surface area (Å²) in [4.78, 5) is 11.7. The van der Waals surface area contributed by atoms with E-state index < -0.39 is 16.0 Å². The Hall–Kier alpha value is -1.19. The van der Waals surface area contributed by atoms with Gasteiger partial charge in [0, 0.05) is 26.7 Å². The second-order valence-electron chi connectivity index (χ2n) is 4.61. The summed E-state index contributed by atoms with van der Waals surface area (Å²) in [5.74, 6) is -0.559. The van der Waals surface area contributed by atoms with E-state index in [0.717, 1.165) is 0 Å². The van der Waals surface area contributed by atoms with Crippen LogP contribution in [0.25, 0.3) is 0 Å². The normalized spacial score (nSPS) is 10.9. The molecule has 0 saturated heterocycles. The van der Waals surface area contributed by atoms with Crippen molar-refractivity contribution in [2.75, 3.05) is 40.5 Å². The summed E-state index contributed by atoms with van der Waals surface area (Å²) in [6, 6.07) is 4.36. The Balaban J connectivity index is 0.00000484. The van der Waals surface area contributed by atoms with Crippen molar-refractivity contribution in [1.29, 1.82) is 0 Å². The van der Waals surface area contributed by atoms with Crippen molar-refractivity contribution in [1.82, 2.24) is 10.0 Å². The molecule has 0 radical (unpaired) electrons. The summed E-state index contributed by atoms with van der Waals surface area (Å²) in [7, 11) is -0.808. The van der Waals surface area contributed by atoms with Crippen LogP contribution in [0.4, 0.5) is 0 Å².